The normalized spacial score (nSPS) is 12.6. The van der Waals surface area contributed by atoms with Crippen LogP contribution in [0.25, 0.3) is 0 Å². The van der Waals surface area contributed by atoms with Gasteiger partial charge in [-0.05, 0) is 49.6 Å². The van der Waals surface area contributed by atoms with Gasteiger partial charge >= 0.3 is 0 Å². The minimum atomic E-state index is -0.396. The largest absolute Gasteiger partial charge is 0.497 e. The van der Waals surface area contributed by atoms with Crippen molar-refractivity contribution < 1.29 is 23.9 Å². The van der Waals surface area contributed by atoms with Crippen molar-refractivity contribution in [3.63, 3.8) is 0 Å². The second kappa shape index (κ2) is 9.97. The number of methoxy groups -OCH3 is 2. The number of carbonyl (C=O) groups excluding carboxylic acids is 3. The lowest BCUT2D eigenvalue weighted by Gasteiger charge is -2.23. The number of rotatable bonds is 9. The zero-order valence-corrected chi connectivity index (χ0v) is 17.9. The summed E-state index contributed by atoms with van der Waals surface area (Å²) in [5, 5.41) is 5.33. The lowest BCUT2D eigenvalue weighted by molar-refractivity contribution is -0.124. The lowest BCUT2D eigenvalue weighted by Crippen LogP contribution is -2.44. The number of aryl methyl sites for hydroxylation is 1. The molecule has 0 saturated heterocycles. The summed E-state index contributed by atoms with van der Waals surface area (Å²) in [5.41, 5.74) is 2.05. The summed E-state index contributed by atoms with van der Waals surface area (Å²) in [5.74, 6) is -0.0646. The van der Waals surface area contributed by atoms with Crippen molar-refractivity contribution in [2.45, 2.75) is 25.8 Å². The minimum absolute atomic E-state index is 0.00572. The van der Waals surface area contributed by atoms with Crippen LogP contribution in [0.1, 0.15) is 28.8 Å². The van der Waals surface area contributed by atoms with Gasteiger partial charge in [0.2, 0.25) is 11.8 Å². The third-order valence-corrected chi connectivity index (χ3v) is 4.95. The van der Waals surface area contributed by atoms with Crippen molar-refractivity contribution in [1.29, 1.82) is 0 Å². The number of nitrogens with one attached hydrogen (secondary N) is 2. The third kappa shape index (κ3) is 5.97. The predicted octanol–water partition coefficient (Wildman–Crippen LogP) is 2.37. The monoisotopic (exact) mass is 425 g/mol. The number of carbonyl (C=O) groups is 3. The number of amides is 3. The van der Waals surface area contributed by atoms with Crippen LogP contribution in [-0.2, 0) is 9.59 Å². The van der Waals surface area contributed by atoms with Crippen LogP contribution in [0.4, 0.5) is 5.69 Å². The zero-order valence-electron chi connectivity index (χ0n) is 17.9. The molecule has 3 rings (SSSR count). The molecule has 1 aliphatic rings. The molecule has 3 amide bonds. The molecule has 1 aliphatic carbocycles. The van der Waals surface area contributed by atoms with Gasteiger partial charge in [-0.25, -0.2) is 0 Å². The maximum atomic E-state index is 13.1. The minimum Gasteiger partial charge on any atom is -0.497 e. The van der Waals surface area contributed by atoms with E-state index in [-0.39, 0.29) is 30.9 Å². The fourth-order valence-corrected chi connectivity index (χ4v) is 3.20. The van der Waals surface area contributed by atoms with Gasteiger partial charge in [-0.15, -0.1) is 0 Å². The van der Waals surface area contributed by atoms with E-state index in [4.69, 9.17) is 9.47 Å². The van der Waals surface area contributed by atoms with E-state index < -0.39 is 5.91 Å². The van der Waals surface area contributed by atoms with Crippen LogP contribution >= 0.6 is 0 Å². The smallest absolute Gasteiger partial charge is 0.258 e. The Morgan fingerprint density at radius 3 is 2.45 bits per heavy atom. The van der Waals surface area contributed by atoms with Crippen molar-refractivity contribution in [3.8, 4) is 11.5 Å². The van der Waals surface area contributed by atoms with E-state index >= 15 is 0 Å². The average Bonchev–Trinajstić information content (AvgIpc) is 3.60. The molecule has 2 aromatic rings. The van der Waals surface area contributed by atoms with Crippen LogP contribution in [0.15, 0.2) is 42.5 Å². The summed E-state index contributed by atoms with van der Waals surface area (Å²) in [7, 11) is 3.01. The van der Waals surface area contributed by atoms with Gasteiger partial charge < -0.3 is 25.0 Å². The second-order valence-corrected chi connectivity index (χ2v) is 7.42. The highest BCUT2D eigenvalue weighted by atomic mass is 16.5. The molecule has 0 spiro atoms. The molecule has 1 saturated carbocycles. The zero-order chi connectivity index (χ0) is 22.4. The fourth-order valence-electron chi connectivity index (χ4n) is 3.20. The second-order valence-electron chi connectivity index (χ2n) is 7.42. The van der Waals surface area contributed by atoms with E-state index in [0.29, 0.717) is 22.7 Å². The van der Waals surface area contributed by atoms with Crippen molar-refractivity contribution in [3.05, 3.63) is 53.6 Å². The lowest BCUT2D eigenvalue weighted by atomic mass is 10.1. The molecule has 8 heteroatoms. The first kappa shape index (κ1) is 22.1. The van der Waals surface area contributed by atoms with Crippen molar-refractivity contribution in [1.82, 2.24) is 10.2 Å². The van der Waals surface area contributed by atoms with Crippen LogP contribution in [0.3, 0.4) is 0 Å². The summed E-state index contributed by atoms with van der Waals surface area (Å²) >= 11 is 0. The Morgan fingerprint density at radius 2 is 1.81 bits per heavy atom. The van der Waals surface area contributed by atoms with Crippen molar-refractivity contribution >= 4 is 23.4 Å². The highest BCUT2D eigenvalue weighted by Crippen LogP contribution is 2.31. The predicted molar refractivity (Wildman–Crippen MR) is 116 cm³/mol. The quantitative estimate of drug-likeness (QED) is 0.643. The number of nitrogens with zero attached hydrogens (tertiary/aromatic N) is 1. The Kier molecular flexibility index (Phi) is 7.12. The van der Waals surface area contributed by atoms with Crippen LogP contribution in [0.2, 0.25) is 0 Å². The summed E-state index contributed by atoms with van der Waals surface area (Å²) in [6.45, 7) is 1.63. The fraction of sp³-hybridized carbons (Fsp3) is 0.348. The maximum absolute atomic E-state index is 13.1. The molecule has 0 aliphatic heterocycles. The molecule has 2 aromatic carbocycles. The summed E-state index contributed by atoms with van der Waals surface area (Å²) in [6.07, 6.45) is 1.68. The first-order valence-corrected chi connectivity index (χ1v) is 10.1. The van der Waals surface area contributed by atoms with E-state index in [1.54, 1.807) is 24.3 Å². The molecule has 8 nitrogen and oxygen atoms in total. The number of hydrogen-bond donors (Lipinski definition) is 2. The van der Waals surface area contributed by atoms with Gasteiger partial charge in [-0.2, -0.15) is 0 Å². The van der Waals surface area contributed by atoms with E-state index in [1.165, 1.54) is 19.1 Å². The van der Waals surface area contributed by atoms with Crippen molar-refractivity contribution in [2.24, 2.45) is 0 Å². The number of ether oxygens (including phenoxy) is 2. The molecule has 0 atom stereocenters. The Morgan fingerprint density at radius 1 is 1.03 bits per heavy atom. The molecule has 0 aromatic heterocycles. The van der Waals surface area contributed by atoms with Gasteiger partial charge in [0.25, 0.3) is 5.91 Å². The van der Waals surface area contributed by atoms with Crippen LogP contribution < -0.4 is 20.1 Å². The van der Waals surface area contributed by atoms with E-state index in [0.717, 1.165) is 18.4 Å². The standard InChI is InChI=1S/C23H27N3O5/c1-15-5-4-6-16(11-15)25-21(27)13-24-22(28)14-26(17-7-8-17)23(29)19-10-9-18(30-2)12-20(19)31-3/h4-6,9-12,17H,7-8,13-14H2,1-3H3,(H,24,28)(H,25,27). The van der Waals surface area contributed by atoms with Gasteiger partial charge in [0.15, 0.2) is 0 Å². The Bertz CT molecular complexity index is 971. The van der Waals surface area contributed by atoms with Crippen LogP contribution in [-0.4, -0.2) is 56.0 Å². The highest BCUT2D eigenvalue weighted by molar-refractivity contribution is 6.00. The van der Waals surface area contributed by atoms with E-state index in [9.17, 15) is 14.4 Å². The molecule has 1 fully saturated rings. The third-order valence-electron chi connectivity index (χ3n) is 4.95. The molecular weight excluding hydrogens is 398 g/mol. The van der Waals surface area contributed by atoms with E-state index in [2.05, 4.69) is 10.6 Å². The topological polar surface area (TPSA) is 97.0 Å². The first-order chi connectivity index (χ1) is 14.9. The summed E-state index contributed by atoms with van der Waals surface area (Å²) in [4.78, 5) is 39.2. The number of benzene rings is 2. The molecular formula is C23H27N3O5. The Hall–Kier alpha value is -3.55. The van der Waals surface area contributed by atoms with Gasteiger partial charge in [0.1, 0.15) is 18.0 Å². The van der Waals surface area contributed by atoms with Crippen LogP contribution in [0.5, 0.6) is 11.5 Å². The molecule has 31 heavy (non-hydrogen) atoms. The molecule has 0 bridgehead atoms. The molecule has 0 heterocycles. The molecule has 164 valence electrons. The Balaban J connectivity index is 1.59. The molecule has 0 unspecified atom stereocenters. The SMILES string of the molecule is COc1ccc(C(=O)N(CC(=O)NCC(=O)Nc2cccc(C)c2)C2CC2)c(OC)c1. The van der Waals surface area contributed by atoms with Gasteiger partial charge in [-0.1, -0.05) is 12.1 Å². The van der Waals surface area contributed by atoms with E-state index in [1.807, 2.05) is 25.1 Å². The highest BCUT2D eigenvalue weighted by Gasteiger charge is 2.35. The average molecular weight is 425 g/mol. The van der Waals surface area contributed by atoms with Gasteiger partial charge in [0.05, 0.1) is 26.3 Å². The van der Waals surface area contributed by atoms with Crippen LogP contribution in [0, 0.1) is 6.92 Å². The maximum Gasteiger partial charge on any atom is 0.258 e. The molecule has 0 radical (unpaired) electrons. The van der Waals surface area contributed by atoms with Gasteiger partial charge in [0, 0.05) is 17.8 Å². The summed E-state index contributed by atoms with van der Waals surface area (Å²) < 4.78 is 10.5. The van der Waals surface area contributed by atoms with Gasteiger partial charge in [-0.3, -0.25) is 14.4 Å². The summed E-state index contributed by atoms with van der Waals surface area (Å²) in [6, 6.07) is 12.3. The Labute approximate surface area is 181 Å². The van der Waals surface area contributed by atoms with Crippen molar-refractivity contribution in [2.75, 3.05) is 32.6 Å². The molecule has 2 N–H and O–H groups in total. The number of hydrogen-bond acceptors (Lipinski definition) is 5. The number of anilines is 1. The first-order valence-electron chi connectivity index (χ1n) is 10.1.